The van der Waals surface area contributed by atoms with Crippen molar-refractivity contribution in [2.75, 3.05) is 0 Å². The minimum absolute atomic E-state index is 0.0883. The second kappa shape index (κ2) is 6.84. The number of carbonyl (C=O) groups is 1. The monoisotopic (exact) mass is 361 g/mol. The van der Waals surface area contributed by atoms with Gasteiger partial charge in [0.2, 0.25) is 0 Å². The minimum atomic E-state index is -0.0883. The third-order valence-corrected chi connectivity index (χ3v) is 5.39. The maximum atomic E-state index is 13.1. The van der Waals surface area contributed by atoms with Crippen LogP contribution in [0, 0.1) is 6.92 Å². The standard InChI is InChI=1S/C17H17ClN4OS/c1-3-11-8-13(16(23)12-6-4-5-7-14(12)18)17(24-11)22-10(2)20-21-15(22)9-19/h4-8H,3,9,19H2,1-2H3/p+1. The Labute approximate surface area is 149 Å². The molecule has 3 N–H and O–H groups in total. The molecule has 2 heterocycles. The summed E-state index contributed by atoms with van der Waals surface area (Å²) in [4.78, 5) is 14.2. The summed E-state index contributed by atoms with van der Waals surface area (Å²) in [7, 11) is 0. The molecule has 0 radical (unpaired) electrons. The van der Waals surface area contributed by atoms with Crippen LogP contribution in [-0.4, -0.2) is 20.5 Å². The molecule has 0 aliphatic carbocycles. The van der Waals surface area contributed by atoms with Gasteiger partial charge >= 0.3 is 0 Å². The highest BCUT2D eigenvalue weighted by Crippen LogP contribution is 2.32. The van der Waals surface area contributed by atoms with Crippen LogP contribution in [0.3, 0.4) is 0 Å². The van der Waals surface area contributed by atoms with E-state index in [2.05, 4.69) is 22.9 Å². The van der Waals surface area contributed by atoms with E-state index in [9.17, 15) is 4.79 Å². The molecular weight excluding hydrogens is 344 g/mol. The Balaban J connectivity index is 2.19. The fraction of sp³-hybridized carbons (Fsp3) is 0.235. The smallest absolute Gasteiger partial charge is 0.197 e. The molecule has 7 heteroatoms. The molecule has 0 unspecified atom stereocenters. The quantitative estimate of drug-likeness (QED) is 0.710. The molecule has 24 heavy (non-hydrogen) atoms. The Morgan fingerprint density at radius 3 is 2.71 bits per heavy atom. The van der Waals surface area contributed by atoms with Crippen LogP contribution in [0.5, 0.6) is 0 Å². The molecular formula is C17H18ClN4OS+. The van der Waals surface area contributed by atoms with Gasteiger partial charge in [0.25, 0.3) is 0 Å². The summed E-state index contributed by atoms with van der Waals surface area (Å²) in [6, 6.07) is 9.05. The number of rotatable bonds is 5. The lowest BCUT2D eigenvalue weighted by atomic mass is 10.0. The van der Waals surface area contributed by atoms with Gasteiger partial charge in [-0.25, -0.2) is 0 Å². The molecule has 1 aromatic carbocycles. The largest absolute Gasteiger partial charge is 0.351 e. The number of carbonyl (C=O) groups excluding carboxylic acids is 1. The number of thiophene rings is 1. The first-order chi connectivity index (χ1) is 11.6. The van der Waals surface area contributed by atoms with Crippen molar-refractivity contribution in [3.63, 3.8) is 0 Å². The average molecular weight is 362 g/mol. The minimum Gasteiger partial charge on any atom is -0.351 e. The number of halogens is 1. The highest BCUT2D eigenvalue weighted by atomic mass is 35.5. The molecule has 124 valence electrons. The molecule has 3 aromatic rings. The topological polar surface area (TPSA) is 75.4 Å². The van der Waals surface area contributed by atoms with Crippen LogP contribution in [0.2, 0.25) is 5.02 Å². The predicted octanol–water partition coefficient (Wildman–Crippen LogP) is 2.83. The summed E-state index contributed by atoms with van der Waals surface area (Å²) in [5.74, 6) is 1.39. The van der Waals surface area contributed by atoms with Gasteiger partial charge in [0.15, 0.2) is 11.6 Å². The summed E-state index contributed by atoms with van der Waals surface area (Å²) in [5, 5.41) is 9.57. The van der Waals surface area contributed by atoms with Gasteiger partial charge in [0, 0.05) is 10.4 Å². The predicted molar refractivity (Wildman–Crippen MR) is 94.8 cm³/mol. The Kier molecular flexibility index (Phi) is 4.80. The van der Waals surface area contributed by atoms with Crippen LogP contribution in [0.4, 0.5) is 0 Å². The first-order valence-corrected chi connectivity index (χ1v) is 8.88. The van der Waals surface area contributed by atoms with E-state index in [1.807, 2.05) is 29.7 Å². The Morgan fingerprint density at radius 2 is 2.04 bits per heavy atom. The second-order valence-corrected chi connectivity index (χ2v) is 6.87. The van der Waals surface area contributed by atoms with Crippen molar-refractivity contribution in [1.82, 2.24) is 14.8 Å². The van der Waals surface area contributed by atoms with Gasteiger partial charge in [-0.1, -0.05) is 30.7 Å². The van der Waals surface area contributed by atoms with Gasteiger partial charge in [-0.3, -0.25) is 9.36 Å². The van der Waals surface area contributed by atoms with Gasteiger partial charge in [0.1, 0.15) is 17.4 Å². The number of nitrogens with zero attached hydrogens (tertiary/aromatic N) is 3. The third-order valence-electron chi connectivity index (χ3n) is 3.79. The lowest BCUT2D eigenvalue weighted by Crippen LogP contribution is -2.48. The van der Waals surface area contributed by atoms with Crippen LogP contribution >= 0.6 is 22.9 Å². The van der Waals surface area contributed by atoms with Crippen molar-refractivity contribution in [3.05, 3.63) is 63.0 Å². The number of hydrogen-bond acceptors (Lipinski definition) is 4. The van der Waals surface area contributed by atoms with E-state index in [-0.39, 0.29) is 5.78 Å². The van der Waals surface area contributed by atoms with Gasteiger partial charge in [0.05, 0.1) is 10.6 Å². The number of quaternary nitrogens is 1. The van der Waals surface area contributed by atoms with Crippen molar-refractivity contribution >= 4 is 28.7 Å². The number of ketones is 1. The van der Waals surface area contributed by atoms with E-state index < -0.39 is 0 Å². The van der Waals surface area contributed by atoms with E-state index in [0.717, 1.165) is 27.9 Å². The SMILES string of the molecule is CCc1cc(C(=O)c2ccccc2Cl)c(-n2c(C)nnc2C[NH3+])s1. The van der Waals surface area contributed by atoms with E-state index in [1.165, 1.54) is 0 Å². The molecule has 5 nitrogen and oxygen atoms in total. The molecule has 2 aromatic heterocycles. The van der Waals surface area contributed by atoms with Crippen LogP contribution in [-0.2, 0) is 13.0 Å². The second-order valence-electron chi connectivity index (χ2n) is 5.34. The number of benzene rings is 1. The van der Waals surface area contributed by atoms with Crippen molar-refractivity contribution in [3.8, 4) is 5.00 Å². The molecule has 3 rings (SSSR count). The number of aromatic nitrogens is 3. The summed E-state index contributed by atoms with van der Waals surface area (Å²) >= 11 is 7.80. The van der Waals surface area contributed by atoms with E-state index in [0.29, 0.717) is 22.7 Å². The molecule has 0 saturated carbocycles. The Hall–Kier alpha value is -2.02. The van der Waals surface area contributed by atoms with Gasteiger partial charge < -0.3 is 5.73 Å². The fourth-order valence-corrected chi connectivity index (χ4v) is 3.94. The number of hydrogen-bond donors (Lipinski definition) is 1. The molecule has 0 aliphatic rings. The summed E-state index contributed by atoms with van der Waals surface area (Å²) in [6.07, 6.45) is 0.856. The number of aryl methyl sites for hydroxylation is 2. The summed E-state index contributed by atoms with van der Waals surface area (Å²) in [5.41, 5.74) is 5.03. The molecule has 0 bridgehead atoms. The average Bonchev–Trinajstić information content (AvgIpc) is 3.17. The fourth-order valence-electron chi connectivity index (χ4n) is 2.56. The Morgan fingerprint density at radius 1 is 1.29 bits per heavy atom. The lowest BCUT2D eigenvalue weighted by Gasteiger charge is -2.08. The van der Waals surface area contributed by atoms with Crippen molar-refractivity contribution in [2.24, 2.45) is 0 Å². The highest BCUT2D eigenvalue weighted by molar-refractivity contribution is 7.15. The molecule has 0 aliphatic heterocycles. The maximum Gasteiger partial charge on any atom is 0.197 e. The summed E-state index contributed by atoms with van der Waals surface area (Å²) in [6.45, 7) is 4.45. The normalized spacial score (nSPS) is 11.0. The van der Waals surface area contributed by atoms with Crippen molar-refractivity contribution in [2.45, 2.75) is 26.8 Å². The van der Waals surface area contributed by atoms with E-state index in [4.69, 9.17) is 11.6 Å². The zero-order chi connectivity index (χ0) is 17.3. The molecule has 0 fully saturated rings. The van der Waals surface area contributed by atoms with E-state index in [1.54, 1.807) is 23.5 Å². The molecule has 0 spiro atoms. The van der Waals surface area contributed by atoms with Gasteiger partial charge in [-0.2, -0.15) is 0 Å². The van der Waals surface area contributed by atoms with Crippen LogP contribution in [0.1, 0.15) is 39.4 Å². The lowest BCUT2D eigenvalue weighted by molar-refractivity contribution is -0.388. The highest BCUT2D eigenvalue weighted by Gasteiger charge is 2.23. The third kappa shape index (κ3) is 2.88. The van der Waals surface area contributed by atoms with Crippen molar-refractivity contribution in [1.29, 1.82) is 0 Å². The van der Waals surface area contributed by atoms with Crippen LogP contribution < -0.4 is 5.73 Å². The first kappa shape index (κ1) is 16.8. The molecule has 0 saturated heterocycles. The van der Waals surface area contributed by atoms with E-state index >= 15 is 0 Å². The Bertz CT molecular complexity index is 900. The van der Waals surface area contributed by atoms with Crippen LogP contribution in [0.15, 0.2) is 30.3 Å². The summed E-state index contributed by atoms with van der Waals surface area (Å²) < 4.78 is 1.92. The molecule has 0 amide bonds. The zero-order valence-electron chi connectivity index (χ0n) is 13.5. The van der Waals surface area contributed by atoms with Gasteiger partial charge in [-0.05, 0) is 31.5 Å². The zero-order valence-corrected chi connectivity index (χ0v) is 15.1. The molecule has 0 atom stereocenters. The maximum absolute atomic E-state index is 13.1. The first-order valence-electron chi connectivity index (χ1n) is 7.69. The van der Waals surface area contributed by atoms with Crippen molar-refractivity contribution < 1.29 is 10.5 Å². The van der Waals surface area contributed by atoms with Gasteiger partial charge in [-0.15, -0.1) is 21.5 Å². The van der Waals surface area contributed by atoms with Crippen LogP contribution in [0.25, 0.3) is 5.00 Å².